The van der Waals surface area contributed by atoms with Crippen LogP contribution in [0.15, 0.2) is 36.4 Å². The van der Waals surface area contributed by atoms with Gasteiger partial charge in [0.2, 0.25) is 0 Å². The van der Waals surface area contributed by atoms with Crippen molar-refractivity contribution in [2.24, 2.45) is 0 Å². The van der Waals surface area contributed by atoms with Gasteiger partial charge in [-0.15, -0.1) is 0 Å². The van der Waals surface area contributed by atoms with Crippen LogP contribution in [0.3, 0.4) is 0 Å². The van der Waals surface area contributed by atoms with Crippen molar-refractivity contribution in [3.05, 3.63) is 70.3 Å². The highest BCUT2D eigenvalue weighted by Gasteiger charge is 2.21. The van der Waals surface area contributed by atoms with E-state index in [0.29, 0.717) is 5.92 Å². The van der Waals surface area contributed by atoms with Crippen LogP contribution in [0, 0.1) is 0 Å². The lowest BCUT2D eigenvalue weighted by Crippen LogP contribution is -2.06. The van der Waals surface area contributed by atoms with Crippen LogP contribution in [-0.4, -0.2) is 19.9 Å². The number of aromatic amines is 2. The van der Waals surface area contributed by atoms with E-state index in [2.05, 4.69) is 77.6 Å². The molecule has 3 aromatic rings. The molecule has 3 aromatic heterocycles. The van der Waals surface area contributed by atoms with Crippen LogP contribution < -0.4 is 0 Å². The molecule has 1 fully saturated rings. The summed E-state index contributed by atoms with van der Waals surface area (Å²) in [6.45, 7) is 2.28. The average Bonchev–Trinajstić information content (AvgIpc) is 3.79. The van der Waals surface area contributed by atoms with E-state index in [1.807, 2.05) is 0 Å². The fraction of sp³-hybridized carbons (Fsp3) is 0.444. The summed E-state index contributed by atoms with van der Waals surface area (Å²) in [4.78, 5) is 17.6. The van der Waals surface area contributed by atoms with E-state index in [9.17, 15) is 0 Å². The Kier molecular flexibility index (Phi) is 8.61. The lowest BCUT2D eigenvalue weighted by molar-refractivity contribution is 0.444. The van der Waals surface area contributed by atoms with Gasteiger partial charge in [-0.3, -0.25) is 0 Å². The number of rotatable bonds is 10. The molecule has 0 aromatic carbocycles. The molecule has 0 radical (unpaired) electrons. The predicted molar refractivity (Wildman–Crippen MR) is 171 cm³/mol. The standard InChI is InChI=1S/C36H44N4/c1-2-3-4-5-6-7-8-12-15-31-32-20-16-27(37-32)24-29-18-22-34(39-29)36(26-13-10-9-11-14-26)35-23-19-30(40-35)25-28-17-21-33(31)38-28/h16-26,37,40H,2-15H2,1H3. The fourth-order valence-corrected chi connectivity index (χ4v) is 6.67. The third-order valence-electron chi connectivity index (χ3n) is 8.84. The SMILES string of the molecule is CCCCCCCCCCc1c2nc(cc3ccc([nH]3)c(C3CCCCC3)c3nc(cc4ccc1[nH]4)C=C3)C=C2. The number of hydrogen-bond donors (Lipinski definition) is 2. The number of fused-ring (bicyclic) bond motifs is 8. The predicted octanol–water partition coefficient (Wildman–Crippen LogP) is 10.4. The Morgan fingerprint density at radius 3 is 1.98 bits per heavy atom. The van der Waals surface area contributed by atoms with Crippen molar-refractivity contribution in [2.75, 3.05) is 0 Å². The molecule has 3 aliphatic rings. The molecule has 5 heterocycles. The normalized spacial score (nSPS) is 15.2. The Morgan fingerprint density at radius 2 is 1.25 bits per heavy atom. The summed E-state index contributed by atoms with van der Waals surface area (Å²) < 4.78 is 0. The lowest BCUT2D eigenvalue weighted by Gasteiger charge is -2.22. The molecule has 0 saturated heterocycles. The highest BCUT2D eigenvalue weighted by Crippen LogP contribution is 2.37. The molecule has 1 aliphatic carbocycles. The molecule has 2 N–H and O–H groups in total. The van der Waals surface area contributed by atoms with Crippen LogP contribution in [0.4, 0.5) is 0 Å². The van der Waals surface area contributed by atoms with Gasteiger partial charge < -0.3 is 9.97 Å². The second-order valence-electron chi connectivity index (χ2n) is 11.9. The van der Waals surface area contributed by atoms with Crippen molar-refractivity contribution in [1.82, 2.24) is 19.9 Å². The summed E-state index contributed by atoms with van der Waals surface area (Å²) in [6, 6.07) is 13.2. The van der Waals surface area contributed by atoms with Crippen LogP contribution in [0.5, 0.6) is 0 Å². The highest BCUT2D eigenvalue weighted by molar-refractivity contribution is 5.80. The van der Waals surface area contributed by atoms with Gasteiger partial charge >= 0.3 is 0 Å². The molecule has 0 amide bonds. The second kappa shape index (κ2) is 12.8. The number of unbranched alkanes of at least 4 members (excludes halogenated alkanes) is 7. The van der Waals surface area contributed by atoms with Gasteiger partial charge in [0.25, 0.3) is 0 Å². The Balaban J connectivity index is 1.38. The third kappa shape index (κ3) is 6.32. The molecular formula is C36H44N4. The Labute approximate surface area is 239 Å². The van der Waals surface area contributed by atoms with Crippen molar-refractivity contribution < 1.29 is 0 Å². The van der Waals surface area contributed by atoms with E-state index >= 15 is 0 Å². The van der Waals surface area contributed by atoms with Gasteiger partial charge in [-0.05, 0) is 92.3 Å². The molecular weight excluding hydrogens is 488 g/mol. The monoisotopic (exact) mass is 532 g/mol. The molecule has 4 heteroatoms. The van der Waals surface area contributed by atoms with E-state index in [-0.39, 0.29) is 0 Å². The minimum absolute atomic E-state index is 0.552. The summed E-state index contributed by atoms with van der Waals surface area (Å²) in [5, 5.41) is 0. The van der Waals surface area contributed by atoms with Crippen LogP contribution in [0.25, 0.3) is 46.4 Å². The van der Waals surface area contributed by atoms with Gasteiger partial charge in [0.1, 0.15) is 0 Å². The first kappa shape index (κ1) is 26.8. The highest BCUT2D eigenvalue weighted by atomic mass is 14.8. The van der Waals surface area contributed by atoms with Gasteiger partial charge in [0.05, 0.1) is 22.8 Å². The van der Waals surface area contributed by atoms with Gasteiger partial charge in [-0.25, -0.2) is 9.97 Å². The van der Waals surface area contributed by atoms with Crippen molar-refractivity contribution in [1.29, 1.82) is 0 Å². The van der Waals surface area contributed by atoms with Gasteiger partial charge in [0.15, 0.2) is 0 Å². The molecule has 0 spiro atoms. The van der Waals surface area contributed by atoms with Crippen LogP contribution in [0.2, 0.25) is 0 Å². The first-order valence-electron chi connectivity index (χ1n) is 15.9. The smallest absolute Gasteiger partial charge is 0.0693 e. The van der Waals surface area contributed by atoms with E-state index in [0.717, 1.165) is 40.2 Å². The molecule has 0 atom stereocenters. The summed E-state index contributed by atoms with van der Waals surface area (Å²) in [5.41, 5.74) is 11.5. The summed E-state index contributed by atoms with van der Waals surface area (Å²) >= 11 is 0. The number of aryl methyl sites for hydroxylation is 1. The maximum Gasteiger partial charge on any atom is 0.0693 e. The van der Waals surface area contributed by atoms with Crippen LogP contribution >= 0.6 is 0 Å². The summed E-state index contributed by atoms with van der Waals surface area (Å²) in [6.07, 6.45) is 26.8. The summed E-state index contributed by atoms with van der Waals surface area (Å²) in [7, 11) is 0. The summed E-state index contributed by atoms with van der Waals surface area (Å²) in [5.74, 6) is 0.552. The maximum atomic E-state index is 5.13. The molecule has 0 unspecified atom stereocenters. The second-order valence-corrected chi connectivity index (χ2v) is 11.9. The minimum Gasteiger partial charge on any atom is -0.355 e. The quantitative estimate of drug-likeness (QED) is 0.176. The molecule has 8 bridgehead atoms. The van der Waals surface area contributed by atoms with Crippen molar-refractivity contribution in [2.45, 2.75) is 103 Å². The zero-order valence-corrected chi connectivity index (χ0v) is 24.1. The largest absolute Gasteiger partial charge is 0.355 e. The van der Waals surface area contributed by atoms with Crippen LogP contribution in [-0.2, 0) is 6.42 Å². The molecule has 1 saturated carbocycles. The van der Waals surface area contributed by atoms with Gasteiger partial charge in [-0.2, -0.15) is 0 Å². The molecule has 2 aliphatic heterocycles. The topological polar surface area (TPSA) is 57.4 Å². The van der Waals surface area contributed by atoms with Gasteiger partial charge in [-0.1, -0.05) is 71.1 Å². The third-order valence-corrected chi connectivity index (χ3v) is 8.84. The number of nitrogens with one attached hydrogen (secondary N) is 2. The van der Waals surface area contributed by atoms with E-state index < -0.39 is 0 Å². The number of nitrogens with zero attached hydrogens (tertiary/aromatic N) is 2. The minimum atomic E-state index is 0.552. The van der Waals surface area contributed by atoms with E-state index in [1.54, 1.807) is 0 Å². The van der Waals surface area contributed by atoms with E-state index in [1.165, 1.54) is 106 Å². The maximum absolute atomic E-state index is 5.13. The fourth-order valence-electron chi connectivity index (χ4n) is 6.67. The van der Waals surface area contributed by atoms with Crippen LogP contribution in [0.1, 0.15) is 130 Å². The zero-order valence-electron chi connectivity index (χ0n) is 24.1. The van der Waals surface area contributed by atoms with Gasteiger partial charge in [0, 0.05) is 33.2 Å². The van der Waals surface area contributed by atoms with Crippen molar-refractivity contribution >= 4 is 46.4 Å². The first-order chi connectivity index (χ1) is 19.8. The first-order valence-corrected chi connectivity index (χ1v) is 15.9. The lowest BCUT2D eigenvalue weighted by atomic mass is 9.83. The molecule has 40 heavy (non-hydrogen) atoms. The van der Waals surface area contributed by atoms with Crippen molar-refractivity contribution in [3.63, 3.8) is 0 Å². The average molecular weight is 533 g/mol. The molecule has 6 rings (SSSR count). The molecule has 4 nitrogen and oxygen atoms in total. The molecule has 208 valence electrons. The Morgan fingerprint density at radius 1 is 0.650 bits per heavy atom. The Hall–Kier alpha value is -3.40. The zero-order chi connectivity index (χ0) is 27.1. The van der Waals surface area contributed by atoms with E-state index in [4.69, 9.17) is 9.97 Å². The number of H-pyrrole nitrogens is 2. The Bertz CT molecular complexity index is 1530. The number of hydrogen-bond acceptors (Lipinski definition) is 2. The van der Waals surface area contributed by atoms with Crippen molar-refractivity contribution in [3.8, 4) is 0 Å². The number of aromatic nitrogens is 4.